The minimum atomic E-state index is -0.536. The van der Waals surface area contributed by atoms with Crippen molar-refractivity contribution in [3.8, 4) is 11.5 Å². The fourth-order valence-electron chi connectivity index (χ4n) is 2.69. The van der Waals surface area contributed by atoms with Gasteiger partial charge in [0.1, 0.15) is 5.75 Å². The van der Waals surface area contributed by atoms with Crippen LogP contribution in [-0.2, 0) is 11.2 Å². The molecule has 0 atom stereocenters. The smallest absolute Gasteiger partial charge is 0.311 e. The van der Waals surface area contributed by atoms with Crippen LogP contribution in [0.4, 0.5) is 5.69 Å². The van der Waals surface area contributed by atoms with Crippen molar-refractivity contribution in [2.75, 3.05) is 20.3 Å². The summed E-state index contributed by atoms with van der Waals surface area (Å²) in [6.45, 7) is 4.72. The van der Waals surface area contributed by atoms with E-state index < -0.39 is 4.92 Å². The van der Waals surface area contributed by atoms with Gasteiger partial charge >= 0.3 is 5.69 Å². The van der Waals surface area contributed by atoms with Gasteiger partial charge in [0, 0.05) is 18.7 Å². The molecule has 28 heavy (non-hydrogen) atoms. The van der Waals surface area contributed by atoms with Gasteiger partial charge in [-0.3, -0.25) is 14.9 Å². The number of carbonyl (C=O) groups excluding carboxylic acids is 1. The lowest BCUT2D eigenvalue weighted by atomic mass is 10.0. The molecule has 0 heterocycles. The number of nitrogens with zero attached hydrogens (tertiary/aromatic N) is 1. The Morgan fingerprint density at radius 1 is 1.18 bits per heavy atom. The average Bonchev–Trinajstić information content (AvgIpc) is 2.69. The molecule has 2 aromatic rings. The maximum Gasteiger partial charge on any atom is 0.311 e. The van der Waals surface area contributed by atoms with Crippen LogP contribution in [0.1, 0.15) is 37.3 Å². The number of amides is 1. The van der Waals surface area contributed by atoms with Crippen molar-refractivity contribution in [2.45, 2.75) is 32.6 Å². The monoisotopic (exact) mass is 386 g/mol. The number of hydrogen-bond donors (Lipinski definition) is 1. The summed E-state index contributed by atoms with van der Waals surface area (Å²) >= 11 is 0. The number of nitro groups is 1. The second-order valence-electron chi connectivity index (χ2n) is 6.73. The van der Waals surface area contributed by atoms with E-state index >= 15 is 0 Å². The van der Waals surface area contributed by atoms with Gasteiger partial charge in [0.15, 0.2) is 6.61 Å². The lowest BCUT2D eigenvalue weighted by molar-refractivity contribution is -0.385. The number of ether oxygens (including phenoxy) is 2. The number of nitrogens with one attached hydrogen (secondary N) is 1. The molecule has 0 radical (unpaired) electrons. The Labute approximate surface area is 164 Å². The maximum absolute atomic E-state index is 11.9. The summed E-state index contributed by atoms with van der Waals surface area (Å²) in [6, 6.07) is 12.7. The van der Waals surface area contributed by atoms with Crippen LogP contribution < -0.4 is 14.8 Å². The number of methoxy groups -OCH3 is 1. The molecular weight excluding hydrogens is 360 g/mol. The number of nitro benzene ring substituents is 1. The zero-order valence-corrected chi connectivity index (χ0v) is 16.4. The molecule has 0 fully saturated rings. The van der Waals surface area contributed by atoms with Gasteiger partial charge in [0.05, 0.1) is 12.0 Å². The van der Waals surface area contributed by atoms with Crippen LogP contribution in [0.25, 0.3) is 0 Å². The molecule has 0 bridgehead atoms. The van der Waals surface area contributed by atoms with Crippen molar-refractivity contribution in [1.82, 2.24) is 5.32 Å². The standard InChI is InChI=1S/C21H26N2O5/c1-15(2)17-8-6-16(7-9-17)5-4-12-22-21(24)14-28-18-10-11-19(23(25)26)20(13-18)27-3/h6-11,13,15H,4-5,12,14H2,1-3H3,(H,22,24). The summed E-state index contributed by atoms with van der Waals surface area (Å²) in [6.07, 6.45) is 1.72. The van der Waals surface area contributed by atoms with E-state index in [-0.39, 0.29) is 24.0 Å². The summed E-state index contributed by atoms with van der Waals surface area (Å²) < 4.78 is 10.4. The number of carbonyl (C=O) groups is 1. The Bertz CT molecular complexity index is 803. The largest absolute Gasteiger partial charge is 0.490 e. The number of rotatable bonds is 10. The summed E-state index contributed by atoms with van der Waals surface area (Å²) in [7, 11) is 1.34. The SMILES string of the molecule is COc1cc(OCC(=O)NCCCc2ccc(C(C)C)cc2)ccc1[N+](=O)[O-]. The van der Waals surface area contributed by atoms with Crippen molar-refractivity contribution in [2.24, 2.45) is 0 Å². The molecule has 0 aliphatic carbocycles. The minimum Gasteiger partial charge on any atom is -0.490 e. The van der Waals surface area contributed by atoms with Crippen LogP contribution in [0.3, 0.4) is 0 Å². The summed E-state index contributed by atoms with van der Waals surface area (Å²) in [5, 5.41) is 13.7. The molecular formula is C21H26N2O5. The molecule has 7 nitrogen and oxygen atoms in total. The van der Waals surface area contributed by atoms with E-state index in [0.29, 0.717) is 18.2 Å². The average molecular weight is 386 g/mol. The Morgan fingerprint density at radius 2 is 1.89 bits per heavy atom. The fraction of sp³-hybridized carbons (Fsp3) is 0.381. The highest BCUT2D eigenvalue weighted by molar-refractivity contribution is 5.77. The summed E-state index contributed by atoms with van der Waals surface area (Å²) in [4.78, 5) is 22.2. The minimum absolute atomic E-state index is 0.0893. The van der Waals surface area contributed by atoms with E-state index in [4.69, 9.17) is 9.47 Å². The molecule has 0 aromatic heterocycles. The molecule has 0 unspecified atom stereocenters. The van der Waals surface area contributed by atoms with Crippen molar-refractivity contribution < 1.29 is 19.2 Å². The van der Waals surface area contributed by atoms with E-state index in [0.717, 1.165) is 12.8 Å². The Hall–Kier alpha value is -3.09. The lowest BCUT2D eigenvalue weighted by Gasteiger charge is -2.09. The van der Waals surface area contributed by atoms with Crippen LogP contribution in [0.15, 0.2) is 42.5 Å². The third-order valence-corrected chi connectivity index (χ3v) is 4.33. The zero-order valence-electron chi connectivity index (χ0n) is 16.4. The van der Waals surface area contributed by atoms with Crippen LogP contribution >= 0.6 is 0 Å². The first kappa shape index (κ1) is 21.2. The molecule has 0 aliphatic heterocycles. The van der Waals surface area contributed by atoms with Gasteiger partial charge in [-0.1, -0.05) is 38.1 Å². The van der Waals surface area contributed by atoms with E-state index in [1.807, 2.05) is 0 Å². The van der Waals surface area contributed by atoms with E-state index in [1.54, 1.807) is 0 Å². The molecule has 150 valence electrons. The summed E-state index contributed by atoms with van der Waals surface area (Å²) in [5.41, 5.74) is 2.41. The second kappa shape index (κ2) is 10.3. The topological polar surface area (TPSA) is 90.7 Å². The first-order valence-corrected chi connectivity index (χ1v) is 9.21. The molecule has 2 aromatic carbocycles. The molecule has 1 N–H and O–H groups in total. The molecule has 0 spiro atoms. The molecule has 0 saturated carbocycles. The van der Waals surface area contributed by atoms with Gasteiger partial charge in [-0.15, -0.1) is 0 Å². The molecule has 2 rings (SSSR count). The first-order valence-electron chi connectivity index (χ1n) is 9.21. The molecule has 1 amide bonds. The Balaban J connectivity index is 1.72. The van der Waals surface area contributed by atoms with Crippen molar-refractivity contribution in [3.05, 3.63) is 63.7 Å². The normalized spacial score (nSPS) is 10.6. The Kier molecular flexibility index (Phi) is 7.80. The van der Waals surface area contributed by atoms with Crippen molar-refractivity contribution in [1.29, 1.82) is 0 Å². The highest BCUT2D eigenvalue weighted by atomic mass is 16.6. The number of aryl methyl sites for hydroxylation is 1. The van der Waals surface area contributed by atoms with Crippen LogP contribution in [0.2, 0.25) is 0 Å². The van der Waals surface area contributed by atoms with Gasteiger partial charge < -0.3 is 14.8 Å². The molecule has 7 heteroatoms. The van der Waals surface area contributed by atoms with Gasteiger partial charge in [0.2, 0.25) is 5.75 Å². The van der Waals surface area contributed by atoms with E-state index in [1.165, 1.54) is 36.4 Å². The van der Waals surface area contributed by atoms with E-state index in [9.17, 15) is 14.9 Å². The van der Waals surface area contributed by atoms with Gasteiger partial charge in [-0.2, -0.15) is 0 Å². The van der Waals surface area contributed by atoms with Crippen LogP contribution in [0, 0.1) is 10.1 Å². The fourth-order valence-corrected chi connectivity index (χ4v) is 2.69. The predicted molar refractivity (Wildman–Crippen MR) is 107 cm³/mol. The lowest BCUT2D eigenvalue weighted by Crippen LogP contribution is -2.29. The maximum atomic E-state index is 11.9. The predicted octanol–water partition coefficient (Wildman–Crippen LogP) is 3.85. The second-order valence-corrected chi connectivity index (χ2v) is 6.73. The highest BCUT2D eigenvalue weighted by Gasteiger charge is 2.15. The van der Waals surface area contributed by atoms with Crippen LogP contribution in [0.5, 0.6) is 11.5 Å². The van der Waals surface area contributed by atoms with Gasteiger partial charge in [-0.25, -0.2) is 0 Å². The third kappa shape index (κ3) is 6.26. The molecule has 0 aliphatic rings. The number of benzene rings is 2. The van der Waals surface area contributed by atoms with Crippen LogP contribution in [-0.4, -0.2) is 31.1 Å². The zero-order chi connectivity index (χ0) is 20.5. The van der Waals surface area contributed by atoms with Crippen molar-refractivity contribution >= 4 is 11.6 Å². The van der Waals surface area contributed by atoms with E-state index in [2.05, 4.69) is 43.4 Å². The molecule has 0 saturated heterocycles. The summed E-state index contributed by atoms with van der Waals surface area (Å²) in [5.74, 6) is 0.700. The quantitative estimate of drug-likeness (QED) is 0.380. The Morgan fingerprint density at radius 3 is 2.50 bits per heavy atom. The third-order valence-electron chi connectivity index (χ3n) is 4.33. The first-order chi connectivity index (χ1) is 13.4. The van der Waals surface area contributed by atoms with Crippen molar-refractivity contribution in [3.63, 3.8) is 0 Å². The highest BCUT2D eigenvalue weighted by Crippen LogP contribution is 2.30. The number of hydrogen-bond acceptors (Lipinski definition) is 5. The van der Waals surface area contributed by atoms with Gasteiger partial charge in [0.25, 0.3) is 5.91 Å². The van der Waals surface area contributed by atoms with Gasteiger partial charge in [-0.05, 0) is 36.0 Å².